The van der Waals surface area contributed by atoms with Crippen molar-refractivity contribution in [3.8, 4) is 0 Å². The van der Waals surface area contributed by atoms with Gasteiger partial charge in [-0.1, -0.05) is 26.2 Å². The number of rotatable bonds is 5. The summed E-state index contributed by atoms with van der Waals surface area (Å²) in [7, 11) is 0. The van der Waals surface area contributed by atoms with E-state index in [1.807, 2.05) is 11.7 Å². The number of hydrogen-bond donors (Lipinski definition) is 1. The summed E-state index contributed by atoms with van der Waals surface area (Å²) >= 11 is 1.74. The van der Waals surface area contributed by atoms with Crippen molar-refractivity contribution >= 4 is 11.3 Å². The molecule has 0 amide bonds. The molecule has 0 spiro atoms. The fourth-order valence-electron chi connectivity index (χ4n) is 2.89. The molecule has 0 radical (unpaired) electrons. The van der Waals surface area contributed by atoms with Crippen molar-refractivity contribution in [3.05, 3.63) is 16.6 Å². The Balaban J connectivity index is 1.80. The van der Waals surface area contributed by atoms with Gasteiger partial charge in [-0.25, -0.2) is 0 Å². The van der Waals surface area contributed by atoms with Crippen molar-refractivity contribution in [2.24, 2.45) is 11.7 Å². The van der Waals surface area contributed by atoms with Crippen LogP contribution in [-0.4, -0.2) is 10.5 Å². The summed E-state index contributed by atoms with van der Waals surface area (Å²) in [6.45, 7) is 2.28. The smallest absolute Gasteiger partial charge is 0.0794 e. The van der Waals surface area contributed by atoms with Crippen LogP contribution in [0.3, 0.4) is 0 Å². The molecule has 2 rings (SSSR count). The Labute approximate surface area is 109 Å². The predicted octanol–water partition coefficient (Wildman–Crippen LogP) is 3.76. The van der Waals surface area contributed by atoms with Crippen LogP contribution in [0.15, 0.2) is 11.7 Å². The third-order valence-corrected chi connectivity index (χ3v) is 4.86. The second-order valence-corrected chi connectivity index (χ2v) is 6.56. The molecular weight excluding hydrogens is 228 g/mol. The van der Waals surface area contributed by atoms with Gasteiger partial charge in [-0.05, 0) is 31.6 Å². The SMILES string of the molecule is CCCCC1CCC(N)(Cc2cncs2)CC1. The zero-order valence-corrected chi connectivity index (χ0v) is 11.6. The fraction of sp³-hybridized carbons (Fsp3) is 0.786. The molecule has 1 saturated carbocycles. The average Bonchev–Trinajstić information content (AvgIpc) is 2.81. The average molecular weight is 252 g/mol. The number of thiazole rings is 1. The summed E-state index contributed by atoms with van der Waals surface area (Å²) in [4.78, 5) is 5.48. The van der Waals surface area contributed by atoms with Crippen molar-refractivity contribution < 1.29 is 0 Å². The number of hydrogen-bond acceptors (Lipinski definition) is 3. The largest absolute Gasteiger partial charge is 0.325 e. The molecule has 0 unspecified atom stereocenters. The van der Waals surface area contributed by atoms with Gasteiger partial charge in [0.2, 0.25) is 0 Å². The molecule has 0 aromatic carbocycles. The molecule has 2 nitrogen and oxygen atoms in total. The van der Waals surface area contributed by atoms with Crippen LogP contribution < -0.4 is 5.73 Å². The maximum absolute atomic E-state index is 6.52. The monoisotopic (exact) mass is 252 g/mol. The minimum atomic E-state index is 0.0508. The summed E-state index contributed by atoms with van der Waals surface area (Å²) in [5.74, 6) is 0.938. The Morgan fingerprint density at radius 3 is 2.82 bits per heavy atom. The molecular formula is C14H24N2S. The van der Waals surface area contributed by atoms with E-state index in [2.05, 4.69) is 11.9 Å². The van der Waals surface area contributed by atoms with Crippen LogP contribution in [0.4, 0.5) is 0 Å². The zero-order valence-electron chi connectivity index (χ0n) is 10.8. The lowest BCUT2D eigenvalue weighted by atomic mass is 9.74. The quantitative estimate of drug-likeness (QED) is 0.866. The predicted molar refractivity (Wildman–Crippen MR) is 74.2 cm³/mol. The Kier molecular flexibility index (Phi) is 4.57. The third kappa shape index (κ3) is 3.78. The van der Waals surface area contributed by atoms with E-state index in [1.165, 1.54) is 49.8 Å². The van der Waals surface area contributed by atoms with Gasteiger partial charge in [-0.2, -0.15) is 0 Å². The summed E-state index contributed by atoms with van der Waals surface area (Å²) in [5, 5.41) is 0. The van der Waals surface area contributed by atoms with Crippen molar-refractivity contribution in [2.75, 3.05) is 0 Å². The number of nitrogens with zero attached hydrogens (tertiary/aromatic N) is 1. The van der Waals surface area contributed by atoms with Gasteiger partial charge in [0.1, 0.15) is 0 Å². The van der Waals surface area contributed by atoms with Gasteiger partial charge >= 0.3 is 0 Å². The highest BCUT2D eigenvalue weighted by Gasteiger charge is 2.31. The Bertz CT molecular complexity index is 313. The van der Waals surface area contributed by atoms with Crippen molar-refractivity contribution in [1.82, 2.24) is 4.98 Å². The summed E-state index contributed by atoms with van der Waals surface area (Å²) in [6, 6.07) is 0. The summed E-state index contributed by atoms with van der Waals surface area (Å²) < 4.78 is 0. The molecule has 0 aliphatic heterocycles. The van der Waals surface area contributed by atoms with Crippen LogP contribution in [-0.2, 0) is 6.42 Å². The molecule has 1 aromatic heterocycles. The molecule has 3 heteroatoms. The molecule has 1 aromatic rings. The molecule has 1 aliphatic carbocycles. The highest BCUT2D eigenvalue weighted by molar-refractivity contribution is 7.09. The minimum Gasteiger partial charge on any atom is -0.325 e. The molecule has 0 atom stereocenters. The lowest BCUT2D eigenvalue weighted by Crippen LogP contribution is -2.45. The van der Waals surface area contributed by atoms with Gasteiger partial charge in [-0.3, -0.25) is 4.98 Å². The molecule has 1 fully saturated rings. The van der Waals surface area contributed by atoms with E-state index in [0.29, 0.717) is 0 Å². The van der Waals surface area contributed by atoms with Crippen LogP contribution in [0.25, 0.3) is 0 Å². The summed E-state index contributed by atoms with van der Waals surface area (Å²) in [6.07, 6.45) is 12.2. The van der Waals surface area contributed by atoms with E-state index in [-0.39, 0.29) is 5.54 Å². The Morgan fingerprint density at radius 2 is 2.24 bits per heavy atom. The normalized spacial score (nSPS) is 29.4. The van der Waals surface area contributed by atoms with Gasteiger partial charge in [-0.15, -0.1) is 11.3 Å². The first-order valence-electron chi connectivity index (χ1n) is 6.88. The van der Waals surface area contributed by atoms with E-state index in [4.69, 9.17) is 5.73 Å². The van der Waals surface area contributed by atoms with Crippen molar-refractivity contribution in [2.45, 2.75) is 63.8 Å². The van der Waals surface area contributed by atoms with Crippen LogP contribution in [0.5, 0.6) is 0 Å². The van der Waals surface area contributed by atoms with Gasteiger partial charge in [0.25, 0.3) is 0 Å². The Hall–Kier alpha value is -0.410. The molecule has 17 heavy (non-hydrogen) atoms. The number of aromatic nitrogens is 1. The van der Waals surface area contributed by atoms with Crippen molar-refractivity contribution in [1.29, 1.82) is 0 Å². The van der Waals surface area contributed by atoms with Crippen molar-refractivity contribution in [3.63, 3.8) is 0 Å². The second kappa shape index (κ2) is 5.96. The topological polar surface area (TPSA) is 38.9 Å². The summed E-state index contributed by atoms with van der Waals surface area (Å²) in [5.41, 5.74) is 8.48. The van der Waals surface area contributed by atoms with Crippen LogP contribution in [0.1, 0.15) is 56.7 Å². The number of unbranched alkanes of at least 4 members (excludes halogenated alkanes) is 1. The lowest BCUT2D eigenvalue weighted by molar-refractivity contribution is 0.222. The van der Waals surface area contributed by atoms with Crippen LogP contribution in [0, 0.1) is 5.92 Å². The maximum Gasteiger partial charge on any atom is 0.0794 e. The highest BCUT2D eigenvalue weighted by Crippen LogP contribution is 2.35. The first-order chi connectivity index (χ1) is 8.22. The third-order valence-electron chi connectivity index (χ3n) is 4.08. The Morgan fingerprint density at radius 1 is 1.47 bits per heavy atom. The lowest BCUT2D eigenvalue weighted by Gasteiger charge is -2.37. The molecule has 2 N–H and O–H groups in total. The molecule has 96 valence electrons. The fourth-order valence-corrected chi connectivity index (χ4v) is 3.64. The van der Waals surface area contributed by atoms with Gasteiger partial charge in [0.05, 0.1) is 5.51 Å². The highest BCUT2D eigenvalue weighted by atomic mass is 32.1. The first kappa shape index (κ1) is 13.0. The van der Waals surface area contributed by atoms with E-state index >= 15 is 0 Å². The van der Waals surface area contributed by atoms with Gasteiger partial charge in [0, 0.05) is 23.0 Å². The van der Waals surface area contributed by atoms with Crippen LogP contribution >= 0.6 is 11.3 Å². The minimum absolute atomic E-state index is 0.0508. The van der Waals surface area contributed by atoms with Crippen LogP contribution in [0.2, 0.25) is 0 Å². The maximum atomic E-state index is 6.52. The standard InChI is InChI=1S/C14H24N2S/c1-2-3-4-12-5-7-14(15,8-6-12)9-13-10-16-11-17-13/h10-12H,2-9,15H2,1H3. The van der Waals surface area contributed by atoms with E-state index < -0.39 is 0 Å². The van der Waals surface area contributed by atoms with E-state index in [0.717, 1.165) is 12.3 Å². The van der Waals surface area contributed by atoms with E-state index in [1.54, 1.807) is 11.3 Å². The first-order valence-corrected chi connectivity index (χ1v) is 7.76. The van der Waals surface area contributed by atoms with Gasteiger partial charge < -0.3 is 5.73 Å². The zero-order chi connectivity index (χ0) is 12.1. The molecule has 0 bridgehead atoms. The molecule has 0 saturated heterocycles. The molecule has 1 aliphatic rings. The molecule has 1 heterocycles. The second-order valence-electron chi connectivity index (χ2n) is 5.59. The number of nitrogens with two attached hydrogens (primary N) is 1. The van der Waals surface area contributed by atoms with Gasteiger partial charge in [0.15, 0.2) is 0 Å². The van der Waals surface area contributed by atoms with E-state index in [9.17, 15) is 0 Å².